The van der Waals surface area contributed by atoms with Crippen molar-refractivity contribution in [3.63, 3.8) is 0 Å². The van der Waals surface area contributed by atoms with Crippen LogP contribution in [0.1, 0.15) is 12.8 Å². The number of hydrogen-bond acceptors (Lipinski definition) is 2. The van der Waals surface area contributed by atoms with E-state index < -0.39 is 11.6 Å². The molecule has 0 unspecified atom stereocenters. The van der Waals surface area contributed by atoms with E-state index in [0.29, 0.717) is 0 Å². The number of carbonyl (C=O) groups excluding carboxylic acids is 1. The molecule has 0 radical (unpaired) electrons. The molecule has 1 fully saturated rings. The van der Waals surface area contributed by atoms with Crippen molar-refractivity contribution in [3.05, 3.63) is 29.8 Å². The van der Waals surface area contributed by atoms with Crippen LogP contribution in [0.2, 0.25) is 0 Å². The fourth-order valence-electron chi connectivity index (χ4n) is 1.94. The molecule has 0 bridgehead atoms. The molecule has 1 amide bonds. The number of halogens is 2. The summed E-state index contributed by atoms with van der Waals surface area (Å²) in [7, 11) is 0. The molecule has 0 saturated carbocycles. The lowest BCUT2D eigenvalue weighted by Crippen LogP contribution is -2.31. The first kappa shape index (κ1) is 12.0. The average molecular weight is 240 g/mol. The number of nitrogens with one attached hydrogen (secondary N) is 1. The van der Waals surface area contributed by atoms with Crippen molar-refractivity contribution < 1.29 is 13.6 Å². The van der Waals surface area contributed by atoms with Crippen LogP contribution in [0.4, 0.5) is 14.5 Å². The highest BCUT2D eigenvalue weighted by atomic mass is 19.1. The topological polar surface area (TPSA) is 32.3 Å². The molecule has 0 spiro atoms. The van der Waals surface area contributed by atoms with Gasteiger partial charge in [0.25, 0.3) is 0 Å². The van der Waals surface area contributed by atoms with Crippen LogP contribution in [-0.2, 0) is 4.79 Å². The second-order valence-corrected chi connectivity index (χ2v) is 4.13. The van der Waals surface area contributed by atoms with E-state index in [2.05, 4.69) is 5.32 Å². The van der Waals surface area contributed by atoms with Gasteiger partial charge in [-0.2, -0.15) is 0 Å². The first-order chi connectivity index (χ1) is 8.16. The Morgan fingerprint density at radius 1 is 1.24 bits per heavy atom. The van der Waals surface area contributed by atoms with Crippen LogP contribution in [0.15, 0.2) is 18.2 Å². The monoisotopic (exact) mass is 240 g/mol. The number of amides is 1. The molecule has 1 aliphatic rings. The third kappa shape index (κ3) is 3.00. The summed E-state index contributed by atoms with van der Waals surface area (Å²) < 4.78 is 26.5. The van der Waals surface area contributed by atoms with Crippen molar-refractivity contribution in [2.24, 2.45) is 0 Å². The van der Waals surface area contributed by atoms with Gasteiger partial charge in [-0.15, -0.1) is 0 Å². The molecule has 1 saturated heterocycles. The molecule has 1 aliphatic heterocycles. The molecule has 2 rings (SSSR count). The SMILES string of the molecule is O=C(CN1CCCC1)Nc1c(F)cccc1F. The zero-order valence-electron chi connectivity index (χ0n) is 9.38. The summed E-state index contributed by atoms with van der Waals surface area (Å²) in [5.74, 6) is -1.88. The minimum atomic E-state index is -0.750. The number of likely N-dealkylation sites (tertiary alicyclic amines) is 1. The van der Waals surface area contributed by atoms with Gasteiger partial charge in [-0.1, -0.05) is 6.07 Å². The van der Waals surface area contributed by atoms with Gasteiger partial charge in [0.2, 0.25) is 5.91 Å². The van der Waals surface area contributed by atoms with Gasteiger partial charge in [0.1, 0.15) is 17.3 Å². The predicted molar refractivity (Wildman–Crippen MR) is 60.7 cm³/mol. The summed E-state index contributed by atoms with van der Waals surface area (Å²) in [6.07, 6.45) is 2.14. The molecule has 0 aliphatic carbocycles. The predicted octanol–water partition coefficient (Wildman–Crippen LogP) is 2.00. The minimum Gasteiger partial charge on any atom is -0.320 e. The molecule has 1 N–H and O–H groups in total. The lowest BCUT2D eigenvalue weighted by Gasteiger charge is -2.14. The largest absolute Gasteiger partial charge is 0.320 e. The Morgan fingerprint density at radius 2 is 1.82 bits per heavy atom. The molecular formula is C12H14F2N2O. The van der Waals surface area contributed by atoms with Crippen LogP contribution < -0.4 is 5.32 Å². The zero-order valence-corrected chi connectivity index (χ0v) is 9.38. The number of hydrogen-bond donors (Lipinski definition) is 1. The van der Waals surface area contributed by atoms with E-state index in [1.165, 1.54) is 6.07 Å². The molecule has 17 heavy (non-hydrogen) atoms. The van der Waals surface area contributed by atoms with E-state index in [0.717, 1.165) is 38.1 Å². The van der Waals surface area contributed by atoms with Crippen LogP contribution >= 0.6 is 0 Å². The van der Waals surface area contributed by atoms with Gasteiger partial charge in [0.15, 0.2) is 0 Å². The fraction of sp³-hybridized carbons (Fsp3) is 0.417. The Hall–Kier alpha value is -1.49. The summed E-state index contributed by atoms with van der Waals surface area (Å²) in [5, 5.41) is 2.27. The highest BCUT2D eigenvalue weighted by Crippen LogP contribution is 2.18. The van der Waals surface area contributed by atoms with E-state index in [1.54, 1.807) is 0 Å². The van der Waals surface area contributed by atoms with Crippen molar-refractivity contribution in [3.8, 4) is 0 Å². The first-order valence-corrected chi connectivity index (χ1v) is 5.63. The Morgan fingerprint density at radius 3 is 2.41 bits per heavy atom. The molecule has 1 aromatic rings. The third-order valence-electron chi connectivity index (χ3n) is 2.79. The fourth-order valence-corrected chi connectivity index (χ4v) is 1.94. The Kier molecular flexibility index (Phi) is 3.68. The number of benzene rings is 1. The third-order valence-corrected chi connectivity index (χ3v) is 2.79. The molecule has 0 atom stereocenters. The molecule has 5 heteroatoms. The molecule has 0 aromatic heterocycles. The number of para-hydroxylation sites is 1. The van der Waals surface area contributed by atoms with E-state index in [9.17, 15) is 13.6 Å². The average Bonchev–Trinajstić information content (AvgIpc) is 2.76. The smallest absolute Gasteiger partial charge is 0.238 e. The maximum Gasteiger partial charge on any atom is 0.238 e. The van der Waals surface area contributed by atoms with Gasteiger partial charge in [-0.25, -0.2) is 8.78 Å². The van der Waals surface area contributed by atoms with Crippen LogP contribution in [0, 0.1) is 11.6 Å². The van der Waals surface area contributed by atoms with Crippen LogP contribution in [0.3, 0.4) is 0 Å². The second-order valence-electron chi connectivity index (χ2n) is 4.13. The maximum atomic E-state index is 13.3. The molecule has 1 heterocycles. The van der Waals surface area contributed by atoms with E-state index >= 15 is 0 Å². The van der Waals surface area contributed by atoms with Crippen molar-refractivity contribution in [2.45, 2.75) is 12.8 Å². The Balaban J connectivity index is 1.97. The van der Waals surface area contributed by atoms with Crippen molar-refractivity contribution in [1.29, 1.82) is 0 Å². The van der Waals surface area contributed by atoms with Gasteiger partial charge in [-0.05, 0) is 38.1 Å². The summed E-state index contributed by atoms with van der Waals surface area (Å²) in [4.78, 5) is 13.6. The van der Waals surface area contributed by atoms with Gasteiger partial charge in [-0.3, -0.25) is 9.69 Å². The van der Waals surface area contributed by atoms with Crippen molar-refractivity contribution >= 4 is 11.6 Å². The number of nitrogens with zero attached hydrogens (tertiary/aromatic N) is 1. The van der Waals surface area contributed by atoms with Gasteiger partial charge < -0.3 is 5.32 Å². The number of rotatable bonds is 3. The molecule has 3 nitrogen and oxygen atoms in total. The Bertz CT molecular complexity index is 397. The summed E-state index contributed by atoms with van der Waals surface area (Å²) in [6, 6.07) is 3.50. The second kappa shape index (κ2) is 5.23. The molecule has 92 valence electrons. The maximum absolute atomic E-state index is 13.3. The van der Waals surface area contributed by atoms with Gasteiger partial charge in [0, 0.05) is 0 Å². The first-order valence-electron chi connectivity index (χ1n) is 5.63. The highest BCUT2D eigenvalue weighted by Gasteiger charge is 2.17. The quantitative estimate of drug-likeness (QED) is 0.876. The van der Waals surface area contributed by atoms with Crippen LogP contribution in [0.5, 0.6) is 0 Å². The van der Waals surface area contributed by atoms with E-state index in [-0.39, 0.29) is 18.1 Å². The summed E-state index contributed by atoms with van der Waals surface area (Å²) >= 11 is 0. The zero-order chi connectivity index (χ0) is 12.3. The van der Waals surface area contributed by atoms with Gasteiger partial charge in [0.05, 0.1) is 6.54 Å². The van der Waals surface area contributed by atoms with E-state index in [1.807, 2.05) is 4.90 Å². The lowest BCUT2D eigenvalue weighted by atomic mass is 10.3. The highest BCUT2D eigenvalue weighted by molar-refractivity contribution is 5.92. The van der Waals surface area contributed by atoms with Gasteiger partial charge >= 0.3 is 0 Å². The standard InChI is InChI=1S/C12H14F2N2O/c13-9-4-3-5-10(14)12(9)15-11(17)8-16-6-1-2-7-16/h3-5H,1-2,6-8H2,(H,15,17). The van der Waals surface area contributed by atoms with E-state index in [4.69, 9.17) is 0 Å². The summed E-state index contributed by atoms with van der Waals surface area (Å²) in [6.45, 7) is 1.92. The minimum absolute atomic E-state index is 0.188. The number of carbonyl (C=O) groups is 1. The number of anilines is 1. The van der Waals surface area contributed by atoms with Crippen LogP contribution in [0.25, 0.3) is 0 Å². The van der Waals surface area contributed by atoms with Crippen molar-refractivity contribution in [1.82, 2.24) is 4.90 Å². The normalized spacial score (nSPS) is 16.1. The van der Waals surface area contributed by atoms with Crippen molar-refractivity contribution in [2.75, 3.05) is 25.0 Å². The Labute approximate surface area is 98.4 Å². The van der Waals surface area contributed by atoms with Crippen LogP contribution in [-0.4, -0.2) is 30.4 Å². The molecule has 1 aromatic carbocycles. The lowest BCUT2D eigenvalue weighted by molar-refractivity contribution is -0.117. The molecular weight excluding hydrogens is 226 g/mol. The summed E-state index contributed by atoms with van der Waals surface area (Å²) in [5.41, 5.74) is -0.364.